The van der Waals surface area contributed by atoms with E-state index in [9.17, 15) is 5.11 Å². The molecule has 0 spiro atoms. The van der Waals surface area contributed by atoms with Crippen molar-refractivity contribution < 1.29 is 5.11 Å². The average Bonchev–Trinajstić information content (AvgIpc) is 3.08. The molecule has 3 unspecified atom stereocenters. The first-order valence-corrected chi connectivity index (χ1v) is 6.03. The third kappa shape index (κ3) is 2.35. The van der Waals surface area contributed by atoms with E-state index in [1.54, 1.807) is 0 Å². The molecule has 0 aromatic heterocycles. The molecular formula is C15H20O. The van der Waals surface area contributed by atoms with Crippen molar-refractivity contribution in [1.29, 1.82) is 0 Å². The van der Waals surface area contributed by atoms with Crippen LogP contribution in [0.15, 0.2) is 43.0 Å². The monoisotopic (exact) mass is 216 g/mol. The molecule has 1 N–H and O–H groups in total. The van der Waals surface area contributed by atoms with Crippen LogP contribution in [0.1, 0.15) is 37.7 Å². The second-order valence-electron chi connectivity index (χ2n) is 5.04. The zero-order valence-electron chi connectivity index (χ0n) is 9.89. The lowest BCUT2D eigenvalue weighted by molar-refractivity contribution is 0.0270. The average molecular weight is 216 g/mol. The maximum absolute atomic E-state index is 10.4. The van der Waals surface area contributed by atoms with E-state index in [0.717, 1.165) is 19.3 Å². The molecule has 1 heteroatoms. The molecular weight excluding hydrogens is 196 g/mol. The molecule has 0 radical (unpaired) electrons. The first kappa shape index (κ1) is 11.4. The van der Waals surface area contributed by atoms with Gasteiger partial charge in [-0.1, -0.05) is 36.4 Å². The van der Waals surface area contributed by atoms with Gasteiger partial charge in [0, 0.05) is 0 Å². The van der Waals surface area contributed by atoms with Crippen LogP contribution in [0.5, 0.6) is 0 Å². The van der Waals surface area contributed by atoms with Crippen molar-refractivity contribution >= 4 is 0 Å². The third-order valence-corrected chi connectivity index (χ3v) is 3.67. The highest BCUT2D eigenvalue weighted by molar-refractivity contribution is 5.27. The fourth-order valence-corrected chi connectivity index (χ4v) is 2.53. The van der Waals surface area contributed by atoms with Crippen LogP contribution in [0.2, 0.25) is 0 Å². The molecule has 1 aromatic rings. The van der Waals surface area contributed by atoms with Crippen LogP contribution in [-0.4, -0.2) is 10.7 Å². The summed E-state index contributed by atoms with van der Waals surface area (Å²) in [5.41, 5.74) is 0.834. The van der Waals surface area contributed by atoms with Crippen molar-refractivity contribution in [2.75, 3.05) is 0 Å². The Morgan fingerprint density at radius 2 is 2.12 bits per heavy atom. The van der Waals surface area contributed by atoms with Crippen LogP contribution in [0.25, 0.3) is 0 Å². The summed E-state index contributed by atoms with van der Waals surface area (Å²) in [5.74, 6) is 0.982. The smallest absolute Gasteiger partial charge is 0.0656 e. The van der Waals surface area contributed by atoms with Gasteiger partial charge in [-0.05, 0) is 43.6 Å². The number of hydrogen-bond donors (Lipinski definition) is 1. The van der Waals surface area contributed by atoms with E-state index in [4.69, 9.17) is 0 Å². The van der Waals surface area contributed by atoms with Crippen LogP contribution >= 0.6 is 0 Å². The van der Waals surface area contributed by atoms with Crippen molar-refractivity contribution in [1.82, 2.24) is 0 Å². The summed E-state index contributed by atoms with van der Waals surface area (Å²) in [5, 5.41) is 10.4. The molecule has 0 aliphatic heterocycles. The molecule has 0 bridgehead atoms. The van der Waals surface area contributed by atoms with Gasteiger partial charge in [-0.15, -0.1) is 6.58 Å². The van der Waals surface area contributed by atoms with Gasteiger partial charge in [0.2, 0.25) is 0 Å². The maximum Gasteiger partial charge on any atom is 0.0656 e. The highest BCUT2D eigenvalue weighted by Crippen LogP contribution is 2.54. The van der Waals surface area contributed by atoms with Crippen molar-refractivity contribution in [3.8, 4) is 0 Å². The van der Waals surface area contributed by atoms with Crippen LogP contribution in [0.3, 0.4) is 0 Å². The van der Waals surface area contributed by atoms with Crippen LogP contribution in [0, 0.1) is 5.92 Å². The molecule has 1 nitrogen and oxygen atoms in total. The van der Waals surface area contributed by atoms with Gasteiger partial charge in [0.05, 0.1) is 5.60 Å². The summed E-state index contributed by atoms with van der Waals surface area (Å²) in [6.45, 7) is 5.67. The van der Waals surface area contributed by atoms with Crippen molar-refractivity contribution in [2.45, 2.75) is 37.7 Å². The molecule has 0 heterocycles. The zero-order chi connectivity index (χ0) is 11.6. The Kier molecular flexibility index (Phi) is 3.15. The Morgan fingerprint density at radius 3 is 2.75 bits per heavy atom. The van der Waals surface area contributed by atoms with Crippen molar-refractivity contribution in [3.05, 3.63) is 48.6 Å². The summed E-state index contributed by atoms with van der Waals surface area (Å²) in [6, 6.07) is 10.5. The van der Waals surface area contributed by atoms with Gasteiger partial charge in [0.25, 0.3) is 0 Å². The highest BCUT2D eigenvalue weighted by Gasteiger charge is 2.49. The lowest BCUT2D eigenvalue weighted by Crippen LogP contribution is -2.27. The molecule has 1 aliphatic carbocycles. The largest absolute Gasteiger partial charge is 0.390 e. The number of allylic oxidation sites excluding steroid dienone is 1. The predicted octanol–water partition coefficient (Wildman–Crippen LogP) is 3.51. The second-order valence-corrected chi connectivity index (χ2v) is 5.04. The SMILES string of the molecule is C=CCCC(C)(O)C1CC1c1ccccc1. The molecule has 86 valence electrons. The maximum atomic E-state index is 10.4. The topological polar surface area (TPSA) is 20.2 Å². The van der Waals surface area contributed by atoms with Gasteiger partial charge < -0.3 is 5.11 Å². The highest BCUT2D eigenvalue weighted by atomic mass is 16.3. The van der Waals surface area contributed by atoms with E-state index in [1.165, 1.54) is 5.56 Å². The van der Waals surface area contributed by atoms with Crippen molar-refractivity contribution in [2.24, 2.45) is 5.92 Å². The minimum atomic E-state index is -0.533. The number of rotatable bonds is 5. The van der Waals surface area contributed by atoms with Crippen LogP contribution < -0.4 is 0 Å². The Morgan fingerprint density at radius 1 is 1.44 bits per heavy atom. The molecule has 2 rings (SSSR count). The molecule has 1 fully saturated rings. The van der Waals surface area contributed by atoms with Crippen LogP contribution in [0.4, 0.5) is 0 Å². The van der Waals surface area contributed by atoms with Crippen LogP contribution in [-0.2, 0) is 0 Å². The van der Waals surface area contributed by atoms with Gasteiger partial charge in [0.1, 0.15) is 0 Å². The Labute approximate surface area is 97.8 Å². The summed E-state index contributed by atoms with van der Waals surface area (Å²) in [4.78, 5) is 0. The van der Waals surface area contributed by atoms with E-state index in [0.29, 0.717) is 11.8 Å². The molecule has 0 saturated heterocycles. The number of benzene rings is 1. The molecule has 3 atom stereocenters. The molecule has 1 saturated carbocycles. The van der Waals surface area contributed by atoms with E-state index in [1.807, 2.05) is 19.1 Å². The molecule has 1 aliphatic rings. The number of hydrogen-bond acceptors (Lipinski definition) is 1. The minimum absolute atomic E-state index is 0.426. The Bertz CT molecular complexity index is 353. The third-order valence-electron chi connectivity index (χ3n) is 3.67. The minimum Gasteiger partial charge on any atom is -0.390 e. The molecule has 1 aromatic carbocycles. The Balaban J connectivity index is 1.98. The number of aliphatic hydroxyl groups is 1. The van der Waals surface area contributed by atoms with E-state index in [2.05, 4.69) is 30.8 Å². The second kappa shape index (κ2) is 4.42. The van der Waals surface area contributed by atoms with Gasteiger partial charge in [-0.2, -0.15) is 0 Å². The first-order valence-electron chi connectivity index (χ1n) is 6.03. The summed E-state index contributed by atoms with van der Waals surface area (Å²) >= 11 is 0. The van der Waals surface area contributed by atoms with Crippen molar-refractivity contribution in [3.63, 3.8) is 0 Å². The van der Waals surface area contributed by atoms with E-state index < -0.39 is 5.60 Å². The fraction of sp³-hybridized carbons (Fsp3) is 0.467. The zero-order valence-corrected chi connectivity index (χ0v) is 9.89. The summed E-state index contributed by atoms with van der Waals surface area (Å²) in [7, 11) is 0. The Hall–Kier alpha value is -1.08. The lowest BCUT2D eigenvalue weighted by Gasteiger charge is -2.23. The fourth-order valence-electron chi connectivity index (χ4n) is 2.53. The first-order chi connectivity index (χ1) is 7.65. The lowest BCUT2D eigenvalue weighted by atomic mass is 9.91. The standard InChI is InChI=1S/C15H20O/c1-3-4-10-15(2,16)14-11-13(14)12-8-6-5-7-9-12/h3,5-9,13-14,16H,1,4,10-11H2,2H3. The molecule has 0 amide bonds. The van der Waals surface area contributed by atoms with E-state index in [-0.39, 0.29) is 0 Å². The summed E-state index contributed by atoms with van der Waals surface area (Å²) < 4.78 is 0. The quantitative estimate of drug-likeness (QED) is 0.747. The van der Waals surface area contributed by atoms with Gasteiger partial charge in [-0.3, -0.25) is 0 Å². The van der Waals surface area contributed by atoms with E-state index >= 15 is 0 Å². The van der Waals surface area contributed by atoms with Gasteiger partial charge >= 0.3 is 0 Å². The summed E-state index contributed by atoms with van der Waals surface area (Å²) in [6.07, 6.45) is 4.72. The normalized spacial score (nSPS) is 27.1. The molecule has 16 heavy (non-hydrogen) atoms. The van der Waals surface area contributed by atoms with Gasteiger partial charge in [0.15, 0.2) is 0 Å². The van der Waals surface area contributed by atoms with Gasteiger partial charge in [-0.25, -0.2) is 0 Å². The predicted molar refractivity (Wildman–Crippen MR) is 67.3 cm³/mol.